The lowest BCUT2D eigenvalue weighted by atomic mass is 9.67. The summed E-state index contributed by atoms with van der Waals surface area (Å²) in [5.41, 5.74) is 17.8. The molecule has 0 radical (unpaired) electrons. The van der Waals surface area contributed by atoms with Crippen molar-refractivity contribution < 1.29 is 0 Å². The molecule has 7 aromatic rings. The highest BCUT2D eigenvalue weighted by Gasteiger charge is 2.47. The number of nitrogens with zero attached hydrogens (tertiary/aromatic N) is 2. The molecule has 0 bridgehead atoms. The Hall–Kier alpha value is -6.64. The van der Waals surface area contributed by atoms with Gasteiger partial charge in [-0.05, 0) is 99.4 Å². The Morgan fingerprint density at radius 1 is 0.482 bits per heavy atom. The van der Waals surface area contributed by atoms with Crippen molar-refractivity contribution in [2.24, 2.45) is 0 Å². The Bertz CT molecular complexity index is 2680. The quantitative estimate of drug-likeness (QED) is 0.164. The fourth-order valence-corrected chi connectivity index (χ4v) is 9.06. The van der Waals surface area contributed by atoms with E-state index < -0.39 is 0 Å². The maximum Gasteiger partial charge on any atom is 0.160 e. The van der Waals surface area contributed by atoms with Gasteiger partial charge in [0.25, 0.3) is 0 Å². The highest BCUT2D eigenvalue weighted by atomic mass is 14.9. The zero-order chi connectivity index (χ0) is 37.3. The SMILES string of the molecule is C1=CCCC(c2cc(-c3ccc(-c4ccc(-c5cccc6c5-c5ccccc5C6(C5=CCCCC=C5)c5ccccc5)cc4)cc3)nc(-c3ccccc3)n2)=C1. The van der Waals surface area contributed by atoms with Gasteiger partial charge in [-0.2, -0.15) is 0 Å². The van der Waals surface area contributed by atoms with Crippen LogP contribution in [0.5, 0.6) is 0 Å². The van der Waals surface area contributed by atoms with Crippen molar-refractivity contribution in [2.45, 2.75) is 37.5 Å². The summed E-state index contributed by atoms with van der Waals surface area (Å²) in [5.74, 6) is 0.756. The molecule has 0 fully saturated rings. The van der Waals surface area contributed by atoms with E-state index in [2.05, 4.69) is 176 Å². The van der Waals surface area contributed by atoms with Gasteiger partial charge in [0, 0.05) is 11.1 Å². The van der Waals surface area contributed by atoms with Crippen LogP contribution in [0.15, 0.2) is 200 Å². The highest BCUT2D eigenvalue weighted by molar-refractivity contribution is 5.96. The number of hydrogen-bond acceptors (Lipinski definition) is 2. The van der Waals surface area contributed by atoms with E-state index >= 15 is 0 Å². The average molecular weight is 719 g/mol. The van der Waals surface area contributed by atoms with Crippen molar-refractivity contribution in [1.29, 1.82) is 0 Å². The molecule has 268 valence electrons. The van der Waals surface area contributed by atoms with E-state index in [-0.39, 0.29) is 5.41 Å². The summed E-state index contributed by atoms with van der Waals surface area (Å²) >= 11 is 0. The Balaban J connectivity index is 1.02. The molecule has 6 aromatic carbocycles. The topological polar surface area (TPSA) is 25.8 Å². The van der Waals surface area contributed by atoms with Crippen LogP contribution in [0, 0.1) is 0 Å². The summed E-state index contributed by atoms with van der Waals surface area (Å²) in [7, 11) is 0. The summed E-state index contributed by atoms with van der Waals surface area (Å²) in [6.07, 6.45) is 19.2. The summed E-state index contributed by atoms with van der Waals surface area (Å²) < 4.78 is 0. The molecule has 1 heterocycles. The third kappa shape index (κ3) is 5.90. The molecule has 0 saturated heterocycles. The largest absolute Gasteiger partial charge is 0.228 e. The van der Waals surface area contributed by atoms with Gasteiger partial charge in [0.2, 0.25) is 0 Å². The first-order valence-electron chi connectivity index (χ1n) is 20.0. The fraction of sp³-hybridized carbons (Fsp3) is 0.111. The molecule has 1 atom stereocenters. The molecule has 0 saturated carbocycles. The minimum absolute atomic E-state index is 0.373. The van der Waals surface area contributed by atoms with Crippen LogP contribution in [-0.2, 0) is 5.41 Å². The maximum absolute atomic E-state index is 5.06. The molecule has 56 heavy (non-hydrogen) atoms. The van der Waals surface area contributed by atoms with Crippen LogP contribution in [0.1, 0.15) is 54.5 Å². The van der Waals surface area contributed by atoms with E-state index in [9.17, 15) is 0 Å². The summed E-state index contributed by atoms with van der Waals surface area (Å²) in [5, 5.41) is 0. The first-order valence-corrected chi connectivity index (χ1v) is 20.0. The van der Waals surface area contributed by atoms with Gasteiger partial charge in [-0.15, -0.1) is 0 Å². The molecule has 0 amide bonds. The number of aromatic nitrogens is 2. The lowest BCUT2D eigenvalue weighted by Crippen LogP contribution is -2.29. The van der Waals surface area contributed by atoms with Gasteiger partial charge in [-0.1, -0.05) is 188 Å². The van der Waals surface area contributed by atoms with Gasteiger partial charge in [-0.3, -0.25) is 0 Å². The lowest BCUT2D eigenvalue weighted by Gasteiger charge is -2.35. The molecule has 1 unspecified atom stereocenters. The third-order valence-corrected chi connectivity index (χ3v) is 11.8. The van der Waals surface area contributed by atoms with Crippen LogP contribution in [0.4, 0.5) is 0 Å². The van der Waals surface area contributed by atoms with Crippen LogP contribution in [-0.4, -0.2) is 9.97 Å². The molecular weight excluding hydrogens is 677 g/mol. The van der Waals surface area contributed by atoms with Crippen LogP contribution in [0.25, 0.3) is 61.6 Å². The monoisotopic (exact) mass is 718 g/mol. The van der Waals surface area contributed by atoms with E-state index in [4.69, 9.17) is 9.97 Å². The van der Waals surface area contributed by atoms with Crippen LogP contribution in [0.2, 0.25) is 0 Å². The second kappa shape index (κ2) is 14.5. The fourth-order valence-electron chi connectivity index (χ4n) is 9.06. The molecular formula is C54H42N2. The van der Waals surface area contributed by atoms with Crippen molar-refractivity contribution in [2.75, 3.05) is 0 Å². The zero-order valence-corrected chi connectivity index (χ0v) is 31.4. The second-order valence-corrected chi connectivity index (χ2v) is 15.0. The minimum Gasteiger partial charge on any atom is -0.228 e. The van der Waals surface area contributed by atoms with Crippen LogP contribution < -0.4 is 0 Å². The van der Waals surface area contributed by atoms with E-state index in [1.807, 2.05) is 18.2 Å². The van der Waals surface area contributed by atoms with Crippen molar-refractivity contribution in [3.8, 4) is 56.0 Å². The normalized spacial score (nSPS) is 17.1. The van der Waals surface area contributed by atoms with Crippen molar-refractivity contribution >= 4 is 5.57 Å². The first-order chi connectivity index (χ1) is 27.8. The maximum atomic E-state index is 5.06. The van der Waals surface area contributed by atoms with Crippen molar-refractivity contribution in [3.05, 3.63) is 222 Å². The number of allylic oxidation sites excluding steroid dienone is 8. The summed E-state index contributed by atoms with van der Waals surface area (Å²) in [6, 6.07) is 57.5. The summed E-state index contributed by atoms with van der Waals surface area (Å²) in [4.78, 5) is 10.1. The predicted molar refractivity (Wildman–Crippen MR) is 233 cm³/mol. The van der Waals surface area contributed by atoms with Gasteiger partial charge in [0.05, 0.1) is 16.8 Å². The Morgan fingerprint density at radius 2 is 1.14 bits per heavy atom. The smallest absolute Gasteiger partial charge is 0.160 e. The van der Waals surface area contributed by atoms with Gasteiger partial charge in [-0.25, -0.2) is 9.97 Å². The van der Waals surface area contributed by atoms with Crippen LogP contribution in [0.3, 0.4) is 0 Å². The molecule has 0 aliphatic heterocycles. The molecule has 1 aromatic heterocycles. The first kappa shape index (κ1) is 33.9. The van der Waals surface area contributed by atoms with Gasteiger partial charge >= 0.3 is 0 Å². The minimum atomic E-state index is -0.373. The Morgan fingerprint density at radius 3 is 1.91 bits per heavy atom. The number of benzene rings is 6. The third-order valence-electron chi connectivity index (χ3n) is 11.8. The lowest BCUT2D eigenvalue weighted by molar-refractivity contribution is 0.760. The molecule has 2 heteroatoms. The standard InChI is InChI=1S/C54H42N2/c1-2-11-22-44(21-10-1)54(45-23-12-5-13-24-45)48-27-15-14-25-47(48)52-46(26-16-28-49(52)54)40-33-29-38(30-34-40)39-31-35-42(36-32-39)51-37-50(41-17-6-3-7-18-41)55-53(56-51)43-19-8-4-9-20-43/h3-6,8-10,12-17,19-37H,1-2,7,11,18H2. The van der Waals surface area contributed by atoms with Crippen molar-refractivity contribution in [3.63, 3.8) is 0 Å². The van der Waals surface area contributed by atoms with E-state index in [0.717, 1.165) is 54.0 Å². The summed E-state index contributed by atoms with van der Waals surface area (Å²) in [6.45, 7) is 0. The molecule has 3 aliphatic carbocycles. The van der Waals surface area contributed by atoms with Gasteiger partial charge in [0.15, 0.2) is 5.82 Å². The van der Waals surface area contributed by atoms with Gasteiger partial charge < -0.3 is 0 Å². The van der Waals surface area contributed by atoms with Crippen LogP contribution >= 0.6 is 0 Å². The molecule has 0 N–H and O–H groups in total. The Labute approximate surface area is 330 Å². The molecule has 3 aliphatic rings. The Kier molecular flexibility index (Phi) is 8.80. The van der Waals surface area contributed by atoms with E-state index in [0.29, 0.717) is 0 Å². The molecule has 2 nitrogen and oxygen atoms in total. The number of hydrogen-bond donors (Lipinski definition) is 0. The highest BCUT2D eigenvalue weighted by Crippen LogP contribution is 2.59. The molecule has 0 spiro atoms. The number of rotatable bonds is 7. The second-order valence-electron chi connectivity index (χ2n) is 15.0. The van der Waals surface area contributed by atoms with E-state index in [1.54, 1.807) is 0 Å². The zero-order valence-electron chi connectivity index (χ0n) is 31.4. The predicted octanol–water partition coefficient (Wildman–Crippen LogP) is 13.9. The van der Waals surface area contributed by atoms with Gasteiger partial charge in [0.1, 0.15) is 0 Å². The average Bonchev–Trinajstić information content (AvgIpc) is 3.38. The number of fused-ring (bicyclic) bond motifs is 3. The van der Waals surface area contributed by atoms with E-state index in [1.165, 1.54) is 67.6 Å². The van der Waals surface area contributed by atoms with Crippen molar-refractivity contribution in [1.82, 2.24) is 9.97 Å². The molecule has 10 rings (SSSR count).